The smallest absolute Gasteiger partial charge is 0.333 e. The van der Waals surface area contributed by atoms with E-state index in [1.807, 2.05) is 12.2 Å². The number of ether oxygens (including phenoxy) is 4. The molecule has 0 radical (unpaired) electrons. The maximum atomic E-state index is 12.8. The van der Waals surface area contributed by atoms with Gasteiger partial charge in [-0.2, -0.15) is 0 Å². The average Bonchev–Trinajstić information content (AvgIpc) is 3.49. The molecule has 4 rings (SSSR count). The maximum Gasteiger partial charge on any atom is 0.333 e. The molecule has 316 valence electrons. The quantitative estimate of drug-likeness (QED) is 0.0182. The van der Waals surface area contributed by atoms with Gasteiger partial charge in [0.05, 0.1) is 19.3 Å². The summed E-state index contributed by atoms with van der Waals surface area (Å²) >= 11 is 5.97. The van der Waals surface area contributed by atoms with Crippen LogP contribution in [0.1, 0.15) is 55.7 Å². The molecular weight excluding hydrogens is 788 g/mol. The molecule has 1 unspecified atom stereocenters. The third-order valence-electron chi connectivity index (χ3n) is 9.32. The third-order valence-corrected chi connectivity index (χ3v) is 9.55. The molecule has 0 aromatic heterocycles. The van der Waals surface area contributed by atoms with Crippen molar-refractivity contribution in [1.29, 1.82) is 0 Å². The van der Waals surface area contributed by atoms with Gasteiger partial charge in [-0.25, -0.2) is 9.59 Å². The van der Waals surface area contributed by atoms with Gasteiger partial charge in [-0.15, -0.1) is 10.1 Å². The lowest BCUT2D eigenvalue weighted by Gasteiger charge is -2.19. The first-order valence-corrected chi connectivity index (χ1v) is 19.3. The third kappa shape index (κ3) is 15.9. The summed E-state index contributed by atoms with van der Waals surface area (Å²) in [6, 6.07) is 17.1. The summed E-state index contributed by atoms with van der Waals surface area (Å²) in [5.41, 5.74) is 1.83. The Labute approximate surface area is 346 Å². The zero-order valence-corrected chi connectivity index (χ0v) is 33.4. The summed E-state index contributed by atoms with van der Waals surface area (Å²) in [7, 11) is 1.39. The molecule has 1 aliphatic carbocycles. The van der Waals surface area contributed by atoms with Crippen LogP contribution in [0.2, 0.25) is 5.02 Å². The average molecular weight is 837 g/mol. The van der Waals surface area contributed by atoms with Crippen LogP contribution < -0.4 is 19.5 Å². The fourth-order valence-corrected chi connectivity index (χ4v) is 6.36. The Kier molecular flexibility index (Phi) is 18.4. The van der Waals surface area contributed by atoms with Crippen LogP contribution in [0.15, 0.2) is 97.1 Å². The number of carbonyl (C=O) groups excluding carboxylic acids is 3. The van der Waals surface area contributed by atoms with Gasteiger partial charge in [0.15, 0.2) is 11.5 Å². The first kappa shape index (κ1) is 46.0. The standard InChI is InChI=1S/C43H49ClN2O13/c1-28(43(52)59-39-20-16-29(22-40(39)55-2)17-21-42(51)57-25-30-12-14-31(15-13-30)26-58-46(53)54)45-41(50)11-6-4-3-5-10-35-36(38(49)24-37(35)48)19-18-33(47)27-56-34-9-7-8-32(44)23-34/h3,5,7-9,12-23,28,33,35-38,47-49H,4,6,10-11,24-27H2,1-2H3,(H,45,50)/b5-3-,19-18+,21-17+/t28?,33-,35-,36-,37+,38-/m1/s1. The van der Waals surface area contributed by atoms with Crippen molar-refractivity contribution in [2.45, 2.75) is 76.6 Å². The van der Waals surface area contributed by atoms with E-state index < -0.39 is 41.4 Å². The summed E-state index contributed by atoms with van der Waals surface area (Å²) in [6.07, 6.45) is 9.42. The van der Waals surface area contributed by atoms with Crippen molar-refractivity contribution in [3.05, 3.63) is 129 Å². The van der Waals surface area contributed by atoms with Crippen molar-refractivity contribution < 1.29 is 58.6 Å². The Hall–Kier alpha value is -5.74. The molecule has 0 spiro atoms. The number of carbonyl (C=O) groups is 3. The van der Waals surface area contributed by atoms with E-state index >= 15 is 0 Å². The Bertz CT molecular complexity index is 1950. The second-order valence-corrected chi connectivity index (χ2v) is 14.2. The van der Waals surface area contributed by atoms with Crippen LogP contribution in [-0.4, -0.2) is 76.3 Å². The van der Waals surface area contributed by atoms with Crippen LogP contribution in [-0.2, 0) is 37.2 Å². The van der Waals surface area contributed by atoms with Crippen molar-refractivity contribution in [3.63, 3.8) is 0 Å². The van der Waals surface area contributed by atoms with Crippen molar-refractivity contribution in [1.82, 2.24) is 5.32 Å². The number of hydrogen-bond acceptors (Lipinski definition) is 13. The molecule has 15 nitrogen and oxygen atoms in total. The number of rotatable bonds is 22. The molecule has 1 fully saturated rings. The number of halogens is 1. The fraction of sp³-hybridized carbons (Fsp3) is 0.372. The zero-order chi connectivity index (χ0) is 42.7. The molecule has 1 aliphatic rings. The van der Waals surface area contributed by atoms with Crippen molar-refractivity contribution in [2.24, 2.45) is 11.8 Å². The summed E-state index contributed by atoms with van der Waals surface area (Å²) in [5, 5.41) is 44.1. The number of esters is 2. The number of hydrogen-bond donors (Lipinski definition) is 4. The van der Waals surface area contributed by atoms with E-state index in [1.165, 1.54) is 32.3 Å². The first-order valence-electron chi connectivity index (χ1n) is 19.0. The first-order chi connectivity index (χ1) is 28.3. The van der Waals surface area contributed by atoms with Crippen LogP contribution >= 0.6 is 11.6 Å². The van der Waals surface area contributed by atoms with Gasteiger partial charge in [0.25, 0.3) is 5.09 Å². The molecule has 6 atom stereocenters. The topological polar surface area (TPSA) is 213 Å². The Balaban J connectivity index is 1.15. The molecule has 1 saturated carbocycles. The summed E-state index contributed by atoms with van der Waals surface area (Å²) < 4.78 is 21.7. The minimum absolute atomic E-state index is 0.00154. The van der Waals surface area contributed by atoms with Gasteiger partial charge < -0.3 is 44.4 Å². The summed E-state index contributed by atoms with van der Waals surface area (Å²) in [4.78, 5) is 52.3. The lowest BCUT2D eigenvalue weighted by Crippen LogP contribution is -2.40. The summed E-state index contributed by atoms with van der Waals surface area (Å²) in [5.74, 6) is -1.39. The van der Waals surface area contributed by atoms with Crippen LogP contribution in [0.4, 0.5) is 0 Å². The Morgan fingerprint density at radius 3 is 2.46 bits per heavy atom. The van der Waals surface area contributed by atoms with Crippen LogP contribution in [0, 0.1) is 22.0 Å². The Morgan fingerprint density at radius 1 is 1.00 bits per heavy atom. The SMILES string of the molecule is COc1cc(/C=C/C(=O)OCc2ccc(CO[N+](=O)[O-])cc2)ccc1OC(=O)C(C)NC(=O)CCC/C=C\C[C@@H]1[C@@H](/C=C/[C@@H](O)COc2cccc(Cl)c2)[C@H](O)C[C@@H]1O. The molecule has 3 aromatic rings. The van der Waals surface area contributed by atoms with Gasteiger partial charge in [-0.3, -0.25) is 4.79 Å². The number of unbranched alkanes of at least 4 members (excludes halogenated alkanes) is 1. The number of nitrogens with one attached hydrogen (secondary N) is 1. The maximum absolute atomic E-state index is 12.8. The highest BCUT2D eigenvalue weighted by Gasteiger charge is 2.39. The van der Waals surface area contributed by atoms with Crippen LogP contribution in [0.3, 0.4) is 0 Å². The van der Waals surface area contributed by atoms with E-state index in [4.69, 9.17) is 30.5 Å². The second kappa shape index (κ2) is 23.6. The fourth-order valence-electron chi connectivity index (χ4n) is 6.18. The molecule has 0 aliphatic heterocycles. The normalized spacial score (nSPS) is 18.7. The van der Waals surface area contributed by atoms with E-state index in [0.717, 1.165) is 0 Å². The van der Waals surface area contributed by atoms with Gasteiger partial charge in [0.2, 0.25) is 5.91 Å². The number of benzene rings is 3. The van der Waals surface area contributed by atoms with E-state index in [2.05, 4.69) is 10.2 Å². The molecule has 0 saturated heterocycles. The van der Waals surface area contributed by atoms with Gasteiger partial charge in [0.1, 0.15) is 37.7 Å². The number of nitrogens with zero attached hydrogens (tertiary/aromatic N) is 1. The molecule has 0 heterocycles. The van der Waals surface area contributed by atoms with Crippen molar-refractivity contribution >= 4 is 35.5 Å². The van der Waals surface area contributed by atoms with E-state index in [9.17, 15) is 39.8 Å². The lowest BCUT2D eigenvalue weighted by molar-refractivity contribution is -0.763. The number of aliphatic hydroxyl groups excluding tert-OH is 3. The number of methoxy groups -OCH3 is 1. The van der Waals surface area contributed by atoms with Gasteiger partial charge in [-0.05, 0) is 85.2 Å². The molecule has 59 heavy (non-hydrogen) atoms. The Morgan fingerprint density at radius 2 is 1.75 bits per heavy atom. The number of amides is 1. The van der Waals surface area contributed by atoms with Gasteiger partial charge in [-0.1, -0.05) is 72.3 Å². The highest BCUT2D eigenvalue weighted by molar-refractivity contribution is 6.30. The lowest BCUT2D eigenvalue weighted by atomic mass is 9.89. The highest BCUT2D eigenvalue weighted by Crippen LogP contribution is 2.36. The zero-order valence-electron chi connectivity index (χ0n) is 32.7. The second-order valence-electron chi connectivity index (χ2n) is 13.8. The van der Waals surface area contributed by atoms with E-state index in [1.54, 1.807) is 72.8 Å². The minimum atomic E-state index is -0.954. The molecule has 3 aromatic carbocycles. The molecule has 16 heteroatoms. The largest absolute Gasteiger partial charge is 0.493 e. The van der Waals surface area contributed by atoms with E-state index in [0.29, 0.717) is 46.7 Å². The number of aliphatic hydroxyl groups is 3. The highest BCUT2D eigenvalue weighted by atomic mass is 35.5. The molecule has 4 N–H and O–H groups in total. The van der Waals surface area contributed by atoms with Gasteiger partial charge in [0, 0.05) is 29.9 Å². The van der Waals surface area contributed by atoms with Crippen molar-refractivity contribution in [2.75, 3.05) is 13.7 Å². The molecule has 1 amide bonds. The van der Waals surface area contributed by atoms with Crippen LogP contribution in [0.25, 0.3) is 6.08 Å². The molecule has 0 bridgehead atoms. The minimum Gasteiger partial charge on any atom is -0.493 e. The van der Waals surface area contributed by atoms with Crippen molar-refractivity contribution in [3.8, 4) is 17.2 Å². The van der Waals surface area contributed by atoms with E-state index in [-0.39, 0.29) is 61.9 Å². The predicted molar refractivity (Wildman–Crippen MR) is 217 cm³/mol. The molecular formula is C43H49ClN2O13. The predicted octanol–water partition coefficient (Wildman–Crippen LogP) is 5.69. The summed E-state index contributed by atoms with van der Waals surface area (Å²) in [6.45, 7) is 1.31. The monoisotopic (exact) mass is 836 g/mol. The number of allylic oxidation sites excluding steroid dienone is 2. The van der Waals surface area contributed by atoms with Gasteiger partial charge >= 0.3 is 11.9 Å². The van der Waals surface area contributed by atoms with Crippen LogP contribution in [0.5, 0.6) is 17.2 Å².